The van der Waals surface area contributed by atoms with Crippen LogP contribution in [0.4, 0.5) is 22.4 Å². The van der Waals surface area contributed by atoms with Gasteiger partial charge in [-0.2, -0.15) is 15.0 Å². The number of nitrogens with one attached hydrogen (secondary N) is 2. The minimum atomic E-state index is -0.352. The van der Waals surface area contributed by atoms with Crippen molar-refractivity contribution in [3.8, 4) is 11.5 Å². The molecule has 2 fully saturated rings. The topological polar surface area (TPSA) is 114 Å². The first-order valence-corrected chi connectivity index (χ1v) is 10.5. The van der Waals surface area contributed by atoms with Gasteiger partial charge >= 0.3 is 6.03 Å². The van der Waals surface area contributed by atoms with Crippen molar-refractivity contribution in [3.63, 3.8) is 0 Å². The maximum absolute atomic E-state index is 12.4. The molecule has 1 aromatic carbocycles. The molecular formula is C20H25N7O4. The van der Waals surface area contributed by atoms with E-state index in [1.165, 1.54) is 0 Å². The van der Waals surface area contributed by atoms with E-state index in [2.05, 4.69) is 35.4 Å². The van der Waals surface area contributed by atoms with Crippen LogP contribution in [-0.4, -0.2) is 67.2 Å². The number of benzene rings is 1. The zero-order chi connectivity index (χ0) is 21.0. The van der Waals surface area contributed by atoms with E-state index in [4.69, 9.17) is 14.2 Å². The average molecular weight is 427 g/mol. The molecule has 31 heavy (non-hydrogen) atoms. The maximum atomic E-state index is 12.4. The van der Waals surface area contributed by atoms with Gasteiger partial charge in [0, 0.05) is 37.9 Å². The maximum Gasteiger partial charge on any atom is 0.319 e. The van der Waals surface area contributed by atoms with Crippen LogP contribution in [0.2, 0.25) is 0 Å². The minimum absolute atomic E-state index is 0.190. The van der Waals surface area contributed by atoms with Crippen molar-refractivity contribution in [3.05, 3.63) is 24.0 Å². The molecule has 2 N–H and O–H groups in total. The van der Waals surface area contributed by atoms with Crippen LogP contribution in [0, 0.1) is 0 Å². The predicted molar refractivity (Wildman–Crippen MR) is 113 cm³/mol. The van der Waals surface area contributed by atoms with Gasteiger partial charge in [-0.15, -0.1) is 0 Å². The molecule has 3 aliphatic rings. The van der Waals surface area contributed by atoms with Gasteiger partial charge in [-0.05, 0) is 25.0 Å². The third kappa shape index (κ3) is 4.55. The smallest absolute Gasteiger partial charge is 0.319 e. The molecule has 0 unspecified atom stereocenters. The Morgan fingerprint density at radius 3 is 2.42 bits per heavy atom. The lowest BCUT2D eigenvalue weighted by molar-refractivity contribution is 0.122. The van der Waals surface area contributed by atoms with E-state index in [0.29, 0.717) is 48.1 Å². The number of hydrogen-bond donors (Lipinski definition) is 2. The molecule has 0 saturated carbocycles. The second-order valence-corrected chi connectivity index (χ2v) is 7.52. The summed E-state index contributed by atoms with van der Waals surface area (Å²) in [5, 5.41) is 5.62. The summed E-state index contributed by atoms with van der Waals surface area (Å²) in [6, 6.07) is 4.90. The predicted octanol–water partition coefficient (Wildman–Crippen LogP) is 1.36. The summed E-state index contributed by atoms with van der Waals surface area (Å²) in [6.45, 7) is 5.02. The van der Waals surface area contributed by atoms with E-state index in [9.17, 15) is 4.79 Å². The molecule has 0 bridgehead atoms. The minimum Gasteiger partial charge on any atom is -0.454 e. The standard InChI is InChI=1S/C20H25N7O4/c28-20(22-14-3-4-15-16(11-14)31-13-30-15)21-12-17-23-18(26-5-1-2-6-26)25-19(24-17)27-7-9-29-10-8-27/h3-4,11H,1-2,5-10,12-13H2,(H2,21,22,28). The molecule has 0 atom stereocenters. The Morgan fingerprint density at radius 2 is 1.65 bits per heavy atom. The van der Waals surface area contributed by atoms with Gasteiger partial charge < -0.3 is 34.6 Å². The fourth-order valence-corrected chi connectivity index (χ4v) is 3.75. The van der Waals surface area contributed by atoms with Crippen molar-refractivity contribution >= 4 is 23.6 Å². The van der Waals surface area contributed by atoms with Crippen LogP contribution in [0.15, 0.2) is 18.2 Å². The quantitative estimate of drug-likeness (QED) is 0.730. The second kappa shape index (κ2) is 8.80. The van der Waals surface area contributed by atoms with Crippen molar-refractivity contribution in [1.29, 1.82) is 0 Å². The van der Waals surface area contributed by atoms with Crippen molar-refractivity contribution in [2.75, 3.05) is 61.3 Å². The Morgan fingerprint density at radius 1 is 0.935 bits per heavy atom. The third-order valence-corrected chi connectivity index (χ3v) is 5.38. The zero-order valence-corrected chi connectivity index (χ0v) is 17.2. The Bertz CT molecular complexity index is 945. The highest BCUT2D eigenvalue weighted by Crippen LogP contribution is 2.34. The third-order valence-electron chi connectivity index (χ3n) is 5.38. The lowest BCUT2D eigenvalue weighted by Crippen LogP contribution is -2.38. The number of urea groups is 1. The van der Waals surface area contributed by atoms with Crippen LogP contribution in [0.1, 0.15) is 18.7 Å². The Kier molecular flexibility index (Phi) is 5.57. The summed E-state index contributed by atoms with van der Waals surface area (Å²) >= 11 is 0. The first-order chi connectivity index (χ1) is 15.2. The molecule has 0 radical (unpaired) electrons. The van der Waals surface area contributed by atoms with Crippen molar-refractivity contribution in [2.45, 2.75) is 19.4 Å². The number of morpholine rings is 1. The fraction of sp³-hybridized carbons (Fsp3) is 0.500. The van der Waals surface area contributed by atoms with Crippen LogP contribution < -0.4 is 29.9 Å². The Balaban J connectivity index is 1.27. The second-order valence-electron chi connectivity index (χ2n) is 7.52. The monoisotopic (exact) mass is 427 g/mol. The summed E-state index contributed by atoms with van der Waals surface area (Å²) in [7, 11) is 0. The molecule has 0 aliphatic carbocycles. The number of carbonyl (C=O) groups excluding carboxylic acids is 1. The van der Waals surface area contributed by atoms with Gasteiger partial charge in [0.15, 0.2) is 17.3 Å². The summed E-state index contributed by atoms with van der Waals surface area (Å²) in [5.74, 6) is 3.11. The lowest BCUT2D eigenvalue weighted by Gasteiger charge is -2.28. The highest BCUT2D eigenvalue weighted by molar-refractivity contribution is 5.89. The number of hydrogen-bond acceptors (Lipinski definition) is 9. The van der Waals surface area contributed by atoms with E-state index in [1.54, 1.807) is 18.2 Å². The molecule has 5 rings (SSSR count). The van der Waals surface area contributed by atoms with Gasteiger partial charge in [0.25, 0.3) is 0 Å². The van der Waals surface area contributed by atoms with E-state index in [0.717, 1.165) is 39.0 Å². The number of amides is 2. The lowest BCUT2D eigenvalue weighted by atomic mass is 10.3. The van der Waals surface area contributed by atoms with Gasteiger partial charge in [0.05, 0.1) is 19.8 Å². The molecule has 2 aromatic rings. The van der Waals surface area contributed by atoms with Crippen LogP contribution >= 0.6 is 0 Å². The van der Waals surface area contributed by atoms with E-state index < -0.39 is 0 Å². The molecule has 11 heteroatoms. The zero-order valence-electron chi connectivity index (χ0n) is 17.2. The number of carbonyl (C=O) groups is 1. The largest absolute Gasteiger partial charge is 0.454 e. The average Bonchev–Trinajstić information content (AvgIpc) is 3.50. The molecular weight excluding hydrogens is 402 g/mol. The molecule has 0 spiro atoms. The van der Waals surface area contributed by atoms with Crippen LogP contribution in [0.25, 0.3) is 0 Å². The van der Waals surface area contributed by atoms with Crippen LogP contribution in [-0.2, 0) is 11.3 Å². The van der Waals surface area contributed by atoms with Crippen molar-refractivity contribution < 1.29 is 19.0 Å². The Labute approximate surface area is 179 Å². The normalized spacial score (nSPS) is 17.7. The van der Waals surface area contributed by atoms with Gasteiger partial charge in [0.1, 0.15) is 0 Å². The highest BCUT2D eigenvalue weighted by Gasteiger charge is 2.21. The molecule has 4 heterocycles. The van der Waals surface area contributed by atoms with Crippen molar-refractivity contribution in [2.24, 2.45) is 0 Å². The van der Waals surface area contributed by atoms with Crippen LogP contribution in [0.3, 0.4) is 0 Å². The number of ether oxygens (including phenoxy) is 3. The molecule has 2 saturated heterocycles. The molecule has 164 valence electrons. The summed E-state index contributed by atoms with van der Waals surface area (Å²) in [5.41, 5.74) is 0.615. The van der Waals surface area contributed by atoms with E-state index >= 15 is 0 Å². The molecule has 3 aliphatic heterocycles. The highest BCUT2D eigenvalue weighted by atomic mass is 16.7. The van der Waals surface area contributed by atoms with Gasteiger partial charge in [-0.1, -0.05) is 0 Å². The summed E-state index contributed by atoms with van der Waals surface area (Å²) in [6.07, 6.45) is 2.26. The van der Waals surface area contributed by atoms with Gasteiger partial charge in [0.2, 0.25) is 18.7 Å². The number of aromatic nitrogens is 3. The first kappa shape index (κ1) is 19.6. The summed E-state index contributed by atoms with van der Waals surface area (Å²) < 4.78 is 16.1. The molecule has 1 aromatic heterocycles. The number of rotatable bonds is 5. The molecule has 11 nitrogen and oxygen atoms in total. The Hall–Kier alpha value is -3.34. The van der Waals surface area contributed by atoms with Gasteiger partial charge in [-0.3, -0.25) is 0 Å². The fourth-order valence-electron chi connectivity index (χ4n) is 3.75. The number of fused-ring (bicyclic) bond motifs is 1. The SMILES string of the molecule is O=C(NCc1nc(N2CCCC2)nc(N2CCOCC2)n1)Nc1ccc2c(c1)OCO2. The first-order valence-electron chi connectivity index (χ1n) is 10.5. The number of nitrogens with zero attached hydrogens (tertiary/aromatic N) is 5. The number of anilines is 3. The van der Waals surface area contributed by atoms with E-state index in [1.807, 2.05) is 0 Å². The van der Waals surface area contributed by atoms with Crippen LogP contribution in [0.5, 0.6) is 11.5 Å². The van der Waals surface area contributed by atoms with E-state index in [-0.39, 0.29) is 19.4 Å². The molecule has 2 amide bonds. The van der Waals surface area contributed by atoms with Crippen molar-refractivity contribution in [1.82, 2.24) is 20.3 Å². The summed E-state index contributed by atoms with van der Waals surface area (Å²) in [4.78, 5) is 30.6. The van der Waals surface area contributed by atoms with Gasteiger partial charge in [-0.25, -0.2) is 4.79 Å².